The number of rotatable bonds is 3. The Morgan fingerprint density at radius 1 is 1.30 bits per heavy atom. The van der Waals surface area contributed by atoms with Gasteiger partial charge in [0, 0.05) is 48.7 Å². The van der Waals surface area contributed by atoms with Crippen LogP contribution >= 0.6 is 0 Å². The molecular formula is C17H21N3. The molecule has 1 atom stereocenters. The smallest absolute Gasteiger partial charge is 0.0445 e. The summed E-state index contributed by atoms with van der Waals surface area (Å²) in [5.41, 5.74) is 10.7. The standard InChI is InChI=1S/C17H21N3/c1-13-9-17(16(10-18)11-19-13)20-8-7-15(12-20)14-5-3-2-4-6-14/h2-6,9,11,15H,7-8,10,12,18H2,1H3. The van der Waals surface area contributed by atoms with E-state index in [0.717, 1.165) is 24.3 Å². The minimum absolute atomic E-state index is 0.551. The third-order valence-corrected chi connectivity index (χ3v) is 4.12. The summed E-state index contributed by atoms with van der Waals surface area (Å²) in [6.07, 6.45) is 3.12. The van der Waals surface area contributed by atoms with Gasteiger partial charge in [-0.15, -0.1) is 0 Å². The first-order valence-electron chi connectivity index (χ1n) is 7.23. The van der Waals surface area contributed by atoms with Gasteiger partial charge in [-0.3, -0.25) is 4.98 Å². The molecular weight excluding hydrogens is 246 g/mol. The van der Waals surface area contributed by atoms with Crippen molar-refractivity contribution in [3.8, 4) is 0 Å². The second kappa shape index (κ2) is 5.63. The minimum Gasteiger partial charge on any atom is -0.371 e. The van der Waals surface area contributed by atoms with Gasteiger partial charge in [0.1, 0.15) is 0 Å². The van der Waals surface area contributed by atoms with E-state index in [1.54, 1.807) is 0 Å². The first-order chi connectivity index (χ1) is 9.78. The summed E-state index contributed by atoms with van der Waals surface area (Å²) in [5, 5.41) is 0. The van der Waals surface area contributed by atoms with Crippen molar-refractivity contribution >= 4 is 5.69 Å². The maximum atomic E-state index is 5.85. The van der Waals surface area contributed by atoms with Crippen LogP contribution in [-0.2, 0) is 6.54 Å². The lowest BCUT2D eigenvalue weighted by Gasteiger charge is -2.22. The average Bonchev–Trinajstić information content (AvgIpc) is 2.98. The maximum absolute atomic E-state index is 5.85. The van der Waals surface area contributed by atoms with Crippen molar-refractivity contribution in [1.82, 2.24) is 4.98 Å². The quantitative estimate of drug-likeness (QED) is 0.930. The highest BCUT2D eigenvalue weighted by Gasteiger charge is 2.25. The van der Waals surface area contributed by atoms with Gasteiger partial charge in [0.2, 0.25) is 0 Å². The number of pyridine rings is 1. The highest BCUT2D eigenvalue weighted by molar-refractivity contribution is 5.55. The lowest BCUT2D eigenvalue weighted by atomic mass is 9.99. The Labute approximate surface area is 120 Å². The van der Waals surface area contributed by atoms with Crippen molar-refractivity contribution in [2.45, 2.75) is 25.8 Å². The highest BCUT2D eigenvalue weighted by atomic mass is 15.2. The van der Waals surface area contributed by atoms with E-state index < -0.39 is 0 Å². The van der Waals surface area contributed by atoms with E-state index in [9.17, 15) is 0 Å². The van der Waals surface area contributed by atoms with Gasteiger partial charge < -0.3 is 10.6 Å². The van der Waals surface area contributed by atoms with E-state index in [-0.39, 0.29) is 0 Å². The fourth-order valence-electron chi connectivity index (χ4n) is 3.00. The van der Waals surface area contributed by atoms with Crippen molar-refractivity contribution in [2.75, 3.05) is 18.0 Å². The molecule has 3 nitrogen and oxygen atoms in total. The molecule has 1 aliphatic heterocycles. The van der Waals surface area contributed by atoms with Gasteiger partial charge in [-0.2, -0.15) is 0 Å². The molecule has 104 valence electrons. The van der Waals surface area contributed by atoms with Crippen molar-refractivity contribution in [3.63, 3.8) is 0 Å². The molecule has 0 amide bonds. The second-order valence-electron chi connectivity index (χ2n) is 5.50. The Bertz CT molecular complexity index is 580. The Morgan fingerprint density at radius 2 is 2.10 bits per heavy atom. The first kappa shape index (κ1) is 13.1. The number of hydrogen-bond donors (Lipinski definition) is 1. The van der Waals surface area contributed by atoms with Gasteiger partial charge in [-0.05, 0) is 25.0 Å². The summed E-state index contributed by atoms with van der Waals surface area (Å²) in [6.45, 7) is 4.75. The third kappa shape index (κ3) is 2.54. The zero-order chi connectivity index (χ0) is 13.9. The van der Waals surface area contributed by atoms with E-state index in [1.807, 2.05) is 13.1 Å². The number of nitrogens with two attached hydrogens (primary N) is 1. The van der Waals surface area contributed by atoms with Crippen LogP contribution in [0.2, 0.25) is 0 Å². The van der Waals surface area contributed by atoms with Crippen LogP contribution in [0.1, 0.15) is 29.2 Å². The number of hydrogen-bond acceptors (Lipinski definition) is 3. The van der Waals surface area contributed by atoms with Crippen molar-refractivity contribution in [3.05, 3.63) is 59.4 Å². The fourth-order valence-corrected chi connectivity index (χ4v) is 3.00. The fraction of sp³-hybridized carbons (Fsp3) is 0.353. The van der Waals surface area contributed by atoms with E-state index >= 15 is 0 Å². The SMILES string of the molecule is Cc1cc(N2CCC(c3ccccc3)C2)c(CN)cn1. The average molecular weight is 267 g/mol. The van der Waals surface area contributed by atoms with Gasteiger partial charge in [-0.1, -0.05) is 30.3 Å². The molecule has 20 heavy (non-hydrogen) atoms. The van der Waals surface area contributed by atoms with Crippen molar-refractivity contribution in [1.29, 1.82) is 0 Å². The van der Waals surface area contributed by atoms with Crippen LogP contribution in [0.4, 0.5) is 5.69 Å². The molecule has 0 saturated carbocycles. The lowest BCUT2D eigenvalue weighted by Crippen LogP contribution is -2.21. The molecule has 0 spiro atoms. The number of anilines is 1. The maximum Gasteiger partial charge on any atom is 0.0445 e. The van der Waals surface area contributed by atoms with E-state index in [0.29, 0.717) is 12.5 Å². The summed E-state index contributed by atoms with van der Waals surface area (Å²) in [7, 11) is 0. The van der Waals surface area contributed by atoms with E-state index in [2.05, 4.69) is 46.3 Å². The zero-order valence-corrected chi connectivity index (χ0v) is 11.9. The molecule has 1 unspecified atom stereocenters. The molecule has 2 aromatic rings. The second-order valence-corrected chi connectivity index (χ2v) is 5.50. The largest absolute Gasteiger partial charge is 0.371 e. The molecule has 1 fully saturated rings. The Kier molecular flexibility index (Phi) is 3.70. The van der Waals surface area contributed by atoms with E-state index in [4.69, 9.17) is 5.73 Å². The molecule has 3 rings (SSSR count). The molecule has 1 aromatic carbocycles. The molecule has 0 radical (unpaired) electrons. The molecule has 1 saturated heterocycles. The Morgan fingerprint density at radius 3 is 2.85 bits per heavy atom. The van der Waals surface area contributed by atoms with Gasteiger partial charge in [0.15, 0.2) is 0 Å². The highest BCUT2D eigenvalue weighted by Crippen LogP contribution is 2.32. The summed E-state index contributed by atoms with van der Waals surface area (Å²) in [5.74, 6) is 0.621. The monoisotopic (exact) mass is 267 g/mol. The van der Waals surface area contributed by atoms with Gasteiger partial charge >= 0.3 is 0 Å². The normalized spacial score (nSPS) is 18.5. The number of nitrogens with zero attached hydrogens (tertiary/aromatic N) is 2. The third-order valence-electron chi connectivity index (χ3n) is 4.12. The number of aryl methyl sites for hydroxylation is 1. The predicted molar refractivity (Wildman–Crippen MR) is 82.9 cm³/mol. The summed E-state index contributed by atoms with van der Waals surface area (Å²) in [6, 6.07) is 13.0. The molecule has 2 heterocycles. The minimum atomic E-state index is 0.551. The van der Waals surface area contributed by atoms with Crippen LogP contribution in [0.25, 0.3) is 0 Å². The van der Waals surface area contributed by atoms with Gasteiger partial charge in [0.25, 0.3) is 0 Å². The summed E-state index contributed by atoms with van der Waals surface area (Å²) < 4.78 is 0. The Balaban J connectivity index is 1.82. The van der Waals surface area contributed by atoms with Crippen molar-refractivity contribution < 1.29 is 0 Å². The Hall–Kier alpha value is -1.87. The van der Waals surface area contributed by atoms with Crippen LogP contribution in [0.3, 0.4) is 0 Å². The van der Waals surface area contributed by atoms with Crippen LogP contribution in [0, 0.1) is 6.92 Å². The number of aromatic nitrogens is 1. The molecule has 1 aliphatic rings. The van der Waals surface area contributed by atoms with Crippen LogP contribution in [0.15, 0.2) is 42.6 Å². The first-order valence-corrected chi connectivity index (χ1v) is 7.23. The zero-order valence-electron chi connectivity index (χ0n) is 11.9. The lowest BCUT2D eigenvalue weighted by molar-refractivity contribution is 0.774. The molecule has 2 N–H and O–H groups in total. The van der Waals surface area contributed by atoms with Crippen LogP contribution < -0.4 is 10.6 Å². The number of benzene rings is 1. The molecule has 0 aliphatic carbocycles. The van der Waals surface area contributed by atoms with Crippen LogP contribution in [0.5, 0.6) is 0 Å². The van der Waals surface area contributed by atoms with Crippen LogP contribution in [-0.4, -0.2) is 18.1 Å². The molecule has 0 bridgehead atoms. The van der Waals surface area contributed by atoms with Crippen molar-refractivity contribution in [2.24, 2.45) is 5.73 Å². The molecule has 3 heteroatoms. The topological polar surface area (TPSA) is 42.1 Å². The van der Waals surface area contributed by atoms with Gasteiger partial charge in [-0.25, -0.2) is 0 Å². The summed E-state index contributed by atoms with van der Waals surface area (Å²) >= 11 is 0. The molecule has 1 aromatic heterocycles. The summed E-state index contributed by atoms with van der Waals surface area (Å²) in [4.78, 5) is 6.81. The van der Waals surface area contributed by atoms with E-state index in [1.165, 1.54) is 17.7 Å². The predicted octanol–water partition coefficient (Wildman–Crippen LogP) is 2.84. The van der Waals surface area contributed by atoms with Gasteiger partial charge in [0.05, 0.1) is 0 Å².